The Morgan fingerprint density at radius 3 is 1.67 bits per heavy atom. The summed E-state index contributed by atoms with van der Waals surface area (Å²) in [4.78, 5) is 0. The summed E-state index contributed by atoms with van der Waals surface area (Å²) in [7, 11) is 0. The van der Waals surface area contributed by atoms with Crippen LogP contribution in [0.3, 0.4) is 0 Å². The molecule has 9 aromatic rings. The molecule has 0 aliphatic carbocycles. The molecule has 222 valence electrons. The van der Waals surface area contributed by atoms with Crippen molar-refractivity contribution >= 4 is 43.6 Å². The van der Waals surface area contributed by atoms with E-state index in [4.69, 9.17) is 0 Å². The average molecular weight is 611 g/mol. The number of nitrogens with zero attached hydrogens (tertiary/aromatic N) is 4. The fourth-order valence-corrected chi connectivity index (χ4v) is 7.35. The van der Waals surface area contributed by atoms with Crippen LogP contribution in [0.4, 0.5) is 0 Å². The maximum Gasteiger partial charge on any atom is 0.100 e. The molecule has 0 radical (unpaired) electrons. The molecule has 4 heteroatoms. The van der Waals surface area contributed by atoms with Crippen LogP contribution >= 0.6 is 0 Å². The van der Waals surface area contributed by atoms with Crippen LogP contribution in [0, 0.1) is 22.7 Å². The maximum absolute atomic E-state index is 10.8. The quantitative estimate of drug-likeness (QED) is 0.199. The van der Waals surface area contributed by atoms with Gasteiger partial charge in [-0.1, -0.05) is 103 Å². The Morgan fingerprint density at radius 2 is 0.958 bits per heavy atom. The van der Waals surface area contributed by atoms with Gasteiger partial charge < -0.3 is 9.13 Å². The van der Waals surface area contributed by atoms with Gasteiger partial charge in [0.05, 0.1) is 45.0 Å². The van der Waals surface area contributed by atoms with Crippen LogP contribution in [-0.2, 0) is 0 Å². The molecule has 0 N–H and O–H groups in total. The molecule has 2 heterocycles. The molecule has 0 saturated carbocycles. The van der Waals surface area contributed by atoms with E-state index in [0.717, 1.165) is 66.5 Å². The molecular formula is C44H26N4. The summed E-state index contributed by atoms with van der Waals surface area (Å²) in [5.41, 5.74) is 11.3. The first-order valence-corrected chi connectivity index (χ1v) is 15.9. The molecule has 4 nitrogen and oxygen atoms in total. The van der Waals surface area contributed by atoms with E-state index in [1.807, 2.05) is 48.5 Å². The monoisotopic (exact) mass is 610 g/mol. The largest absolute Gasteiger partial charge is 0.309 e. The number of rotatable bonds is 4. The van der Waals surface area contributed by atoms with Gasteiger partial charge >= 0.3 is 0 Å². The highest BCUT2D eigenvalue weighted by Crippen LogP contribution is 2.40. The number of benzene rings is 7. The van der Waals surface area contributed by atoms with Gasteiger partial charge in [0.2, 0.25) is 0 Å². The van der Waals surface area contributed by atoms with Crippen molar-refractivity contribution in [2.45, 2.75) is 0 Å². The minimum atomic E-state index is 0.628. The van der Waals surface area contributed by atoms with Crippen LogP contribution in [0.25, 0.3) is 77.2 Å². The Balaban J connectivity index is 1.24. The van der Waals surface area contributed by atoms with Crippen LogP contribution < -0.4 is 0 Å². The predicted octanol–water partition coefficient (Wildman–Crippen LogP) is 11.0. The first-order chi connectivity index (χ1) is 23.7. The second kappa shape index (κ2) is 10.9. The van der Waals surface area contributed by atoms with Gasteiger partial charge in [0.25, 0.3) is 0 Å². The molecule has 0 unspecified atom stereocenters. The molecule has 0 aliphatic heterocycles. The van der Waals surface area contributed by atoms with Gasteiger partial charge in [-0.25, -0.2) is 0 Å². The molecule has 7 aromatic carbocycles. The van der Waals surface area contributed by atoms with Gasteiger partial charge in [0.1, 0.15) is 6.07 Å². The van der Waals surface area contributed by atoms with Crippen molar-refractivity contribution < 1.29 is 0 Å². The van der Waals surface area contributed by atoms with Gasteiger partial charge in [0, 0.05) is 43.9 Å². The number of fused-ring (bicyclic) bond motifs is 6. The van der Waals surface area contributed by atoms with Gasteiger partial charge in [0.15, 0.2) is 0 Å². The van der Waals surface area contributed by atoms with Crippen molar-refractivity contribution in [3.8, 4) is 45.8 Å². The van der Waals surface area contributed by atoms with Crippen LogP contribution in [0.15, 0.2) is 158 Å². The van der Waals surface area contributed by atoms with Crippen molar-refractivity contribution in [2.75, 3.05) is 0 Å². The molecule has 0 saturated heterocycles. The standard InChI is InChI=1S/C44H26N4/c45-27-29-23-24-44-38(25-29)37-16-4-5-19-40(37)47(44)31-12-9-11-30(26-31)32-17-10-18-33(39(32)28-46)34-13-1-6-20-41(34)48-42-21-7-2-14-35(42)36-15-3-8-22-43(36)48/h1-26H. The Morgan fingerprint density at radius 1 is 0.396 bits per heavy atom. The fourth-order valence-electron chi connectivity index (χ4n) is 7.35. The fraction of sp³-hybridized carbons (Fsp3) is 0. The molecule has 0 aliphatic rings. The third kappa shape index (κ3) is 4.07. The van der Waals surface area contributed by atoms with Gasteiger partial charge in [-0.2, -0.15) is 10.5 Å². The van der Waals surface area contributed by atoms with E-state index in [1.54, 1.807) is 0 Å². The lowest BCUT2D eigenvalue weighted by Crippen LogP contribution is -1.99. The predicted molar refractivity (Wildman–Crippen MR) is 195 cm³/mol. The normalized spacial score (nSPS) is 11.3. The van der Waals surface area contributed by atoms with Crippen LogP contribution in [0.1, 0.15) is 11.1 Å². The average Bonchev–Trinajstić information content (AvgIpc) is 3.67. The maximum atomic E-state index is 10.8. The molecule has 0 amide bonds. The number of para-hydroxylation sites is 4. The third-order valence-corrected chi connectivity index (χ3v) is 9.41. The van der Waals surface area contributed by atoms with Crippen molar-refractivity contribution in [3.63, 3.8) is 0 Å². The minimum Gasteiger partial charge on any atom is -0.309 e. The Kier molecular flexibility index (Phi) is 6.22. The smallest absolute Gasteiger partial charge is 0.100 e. The summed E-state index contributed by atoms with van der Waals surface area (Å²) in [6, 6.07) is 58.9. The zero-order valence-electron chi connectivity index (χ0n) is 25.8. The van der Waals surface area contributed by atoms with Crippen molar-refractivity contribution in [1.82, 2.24) is 9.13 Å². The van der Waals surface area contributed by atoms with Crippen molar-refractivity contribution in [1.29, 1.82) is 10.5 Å². The molecule has 48 heavy (non-hydrogen) atoms. The van der Waals surface area contributed by atoms with Crippen LogP contribution in [0.5, 0.6) is 0 Å². The van der Waals surface area contributed by atoms with Crippen LogP contribution in [-0.4, -0.2) is 9.13 Å². The highest BCUT2D eigenvalue weighted by Gasteiger charge is 2.19. The Bertz CT molecular complexity index is 2760. The highest BCUT2D eigenvalue weighted by molar-refractivity contribution is 6.11. The van der Waals surface area contributed by atoms with E-state index in [2.05, 4.69) is 130 Å². The van der Waals surface area contributed by atoms with Crippen molar-refractivity contribution in [3.05, 3.63) is 169 Å². The molecule has 0 bridgehead atoms. The summed E-state index contributed by atoms with van der Waals surface area (Å²) in [6.45, 7) is 0. The van der Waals surface area contributed by atoms with E-state index in [1.165, 1.54) is 10.8 Å². The molecule has 0 atom stereocenters. The first kappa shape index (κ1) is 27.4. The number of aromatic nitrogens is 2. The van der Waals surface area contributed by atoms with E-state index in [0.29, 0.717) is 11.1 Å². The molecule has 2 aromatic heterocycles. The number of hydrogen-bond acceptors (Lipinski definition) is 2. The lowest BCUT2D eigenvalue weighted by molar-refractivity contribution is 1.18. The lowest BCUT2D eigenvalue weighted by atomic mass is 9.91. The number of nitriles is 2. The van der Waals surface area contributed by atoms with Gasteiger partial charge in [-0.15, -0.1) is 0 Å². The summed E-state index contributed by atoms with van der Waals surface area (Å²) in [6.07, 6.45) is 0. The Hall–Kier alpha value is -6.88. The van der Waals surface area contributed by atoms with E-state index >= 15 is 0 Å². The van der Waals surface area contributed by atoms with Crippen LogP contribution in [0.2, 0.25) is 0 Å². The second-order valence-corrected chi connectivity index (χ2v) is 12.0. The summed E-state index contributed by atoms with van der Waals surface area (Å²) in [5, 5.41) is 24.9. The Labute approximate surface area is 277 Å². The summed E-state index contributed by atoms with van der Waals surface area (Å²) < 4.78 is 4.55. The molecule has 9 rings (SSSR count). The summed E-state index contributed by atoms with van der Waals surface area (Å²) in [5.74, 6) is 0. The highest BCUT2D eigenvalue weighted by atomic mass is 15.0. The zero-order valence-corrected chi connectivity index (χ0v) is 25.8. The third-order valence-electron chi connectivity index (χ3n) is 9.41. The lowest BCUT2D eigenvalue weighted by Gasteiger charge is -2.17. The van der Waals surface area contributed by atoms with Gasteiger partial charge in [-0.3, -0.25) is 0 Å². The number of hydrogen-bond donors (Lipinski definition) is 0. The zero-order chi connectivity index (χ0) is 32.2. The second-order valence-electron chi connectivity index (χ2n) is 12.0. The molecule has 0 spiro atoms. The minimum absolute atomic E-state index is 0.628. The molecular weight excluding hydrogens is 585 g/mol. The van der Waals surface area contributed by atoms with E-state index < -0.39 is 0 Å². The first-order valence-electron chi connectivity index (χ1n) is 15.9. The van der Waals surface area contributed by atoms with Gasteiger partial charge in [-0.05, 0) is 60.2 Å². The van der Waals surface area contributed by atoms with E-state index in [-0.39, 0.29) is 0 Å². The molecule has 0 fully saturated rings. The SMILES string of the molecule is N#Cc1ccc2c(c1)c1ccccc1n2-c1cccc(-c2cccc(-c3ccccc3-n3c4ccccc4c4ccccc43)c2C#N)c1. The topological polar surface area (TPSA) is 57.4 Å². The summed E-state index contributed by atoms with van der Waals surface area (Å²) >= 11 is 0. The van der Waals surface area contributed by atoms with E-state index in [9.17, 15) is 10.5 Å². The van der Waals surface area contributed by atoms with Crippen molar-refractivity contribution in [2.24, 2.45) is 0 Å².